The highest BCUT2D eigenvalue weighted by atomic mass is 16.7. The average Bonchev–Trinajstić information content (AvgIpc) is 3.57. The molecule has 0 bridgehead atoms. The highest BCUT2D eigenvalue weighted by Gasteiger charge is 2.31. The first kappa shape index (κ1) is 22.4. The molecule has 1 heterocycles. The Labute approximate surface area is 201 Å². The lowest BCUT2D eigenvalue weighted by Gasteiger charge is -2.18. The van der Waals surface area contributed by atoms with Crippen molar-refractivity contribution in [1.82, 2.24) is 5.32 Å². The first-order valence-electron chi connectivity index (χ1n) is 12.0. The third-order valence-corrected chi connectivity index (χ3v) is 6.16. The van der Waals surface area contributed by atoms with E-state index in [1.54, 1.807) is 12.1 Å². The minimum Gasteiger partial charge on any atom is -0.508 e. The Hall–Kier alpha value is -3.44. The van der Waals surface area contributed by atoms with Crippen molar-refractivity contribution in [3.05, 3.63) is 83.4 Å². The summed E-state index contributed by atoms with van der Waals surface area (Å²) in [7, 11) is 0. The lowest BCUT2D eigenvalue weighted by molar-refractivity contribution is 0.174. The summed E-state index contributed by atoms with van der Waals surface area (Å²) >= 11 is 0. The van der Waals surface area contributed by atoms with Crippen molar-refractivity contribution >= 4 is 11.1 Å². The van der Waals surface area contributed by atoms with Crippen LogP contribution in [-0.2, 0) is 0 Å². The normalized spacial score (nSPS) is 15.4. The van der Waals surface area contributed by atoms with Gasteiger partial charge in [0.1, 0.15) is 18.1 Å². The zero-order valence-corrected chi connectivity index (χ0v) is 19.7. The van der Waals surface area contributed by atoms with Crippen molar-refractivity contribution in [3.8, 4) is 23.0 Å². The smallest absolute Gasteiger partial charge is 0.231 e. The number of hydrogen-bond acceptors (Lipinski definition) is 5. The number of benzene rings is 3. The molecule has 1 fully saturated rings. The van der Waals surface area contributed by atoms with Gasteiger partial charge < -0.3 is 24.6 Å². The number of allylic oxidation sites excluding steroid dienone is 1. The molecule has 0 amide bonds. The maximum absolute atomic E-state index is 9.90. The van der Waals surface area contributed by atoms with Crippen LogP contribution >= 0.6 is 0 Å². The van der Waals surface area contributed by atoms with Crippen LogP contribution in [0, 0.1) is 5.92 Å². The zero-order chi connectivity index (χ0) is 23.5. The van der Waals surface area contributed by atoms with Gasteiger partial charge >= 0.3 is 0 Å². The minimum absolute atomic E-state index is 0.262. The lowest BCUT2D eigenvalue weighted by atomic mass is 9.87. The largest absolute Gasteiger partial charge is 0.508 e. The van der Waals surface area contributed by atoms with E-state index in [1.807, 2.05) is 30.3 Å². The number of ether oxygens (including phenoxy) is 3. The van der Waals surface area contributed by atoms with Gasteiger partial charge in [0.2, 0.25) is 6.79 Å². The van der Waals surface area contributed by atoms with E-state index < -0.39 is 0 Å². The van der Waals surface area contributed by atoms with Crippen LogP contribution in [-0.4, -0.2) is 31.1 Å². The van der Waals surface area contributed by atoms with Crippen molar-refractivity contribution in [2.24, 2.45) is 5.92 Å². The minimum atomic E-state index is 0.262. The van der Waals surface area contributed by atoms with Gasteiger partial charge in [-0.1, -0.05) is 44.2 Å². The van der Waals surface area contributed by atoms with Gasteiger partial charge in [0.25, 0.3) is 0 Å². The molecule has 5 heteroatoms. The molecule has 2 aliphatic rings. The van der Waals surface area contributed by atoms with E-state index in [0.717, 1.165) is 53.3 Å². The second-order valence-electron chi connectivity index (χ2n) is 9.16. The summed E-state index contributed by atoms with van der Waals surface area (Å²) in [6.07, 6.45) is 2.32. The van der Waals surface area contributed by atoms with Crippen molar-refractivity contribution in [3.63, 3.8) is 0 Å². The van der Waals surface area contributed by atoms with Crippen LogP contribution in [0.4, 0.5) is 0 Å². The molecule has 1 aliphatic carbocycles. The molecule has 34 heavy (non-hydrogen) atoms. The summed E-state index contributed by atoms with van der Waals surface area (Å²) in [4.78, 5) is 0. The van der Waals surface area contributed by atoms with E-state index in [4.69, 9.17) is 14.2 Å². The second-order valence-corrected chi connectivity index (χ2v) is 9.16. The fourth-order valence-corrected chi connectivity index (χ4v) is 4.36. The zero-order valence-electron chi connectivity index (χ0n) is 19.7. The van der Waals surface area contributed by atoms with E-state index in [0.29, 0.717) is 18.6 Å². The van der Waals surface area contributed by atoms with Gasteiger partial charge in [-0.2, -0.15) is 0 Å². The van der Waals surface area contributed by atoms with Crippen LogP contribution in [0.15, 0.2) is 66.7 Å². The van der Waals surface area contributed by atoms with Gasteiger partial charge in [-0.3, -0.25) is 0 Å². The lowest BCUT2D eigenvalue weighted by Crippen LogP contribution is -2.27. The fraction of sp³-hybridized carbons (Fsp3) is 0.310. The molecule has 3 aromatic rings. The molecule has 0 atom stereocenters. The molecule has 5 rings (SSSR count). The number of fused-ring (bicyclic) bond motifs is 1. The molecule has 3 aromatic carbocycles. The number of phenolic OH excluding ortho intramolecular Hbond substituents is 1. The molecular formula is C29H31NO4. The van der Waals surface area contributed by atoms with E-state index in [2.05, 4.69) is 43.4 Å². The Kier molecular flexibility index (Phi) is 6.45. The summed E-state index contributed by atoms with van der Waals surface area (Å²) in [6.45, 7) is 5.96. The van der Waals surface area contributed by atoms with Crippen LogP contribution in [0.1, 0.15) is 43.4 Å². The monoisotopic (exact) mass is 457 g/mol. The van der Waals surface area contributed by atoms with E-state index >= 15 is 0 Å². The van der Waals surface area contributed by atoms with Gasteiger partial charge in [0.05, 0.1) is 0 Å². The molecule has 5 nitrogen and oxygen atoms in total. The Morgan fingerprint density at radius 2 is 1.56 bits per heavy atom. The third kappa shape index (κ3) is 5.05. The van der Waals surface area contributed by atoms with Crippen LogP contribution in [0.3, 0.4) is 0 Å². The Morgan fingerprint density at radius 3 is 2.24 bits per heavy atom. The third-order valence-electron chi connectivity index (χ3n) is 6.16. The summed E-state index contributed by atoms with van der Waals surface area (Å²) in [5.41, 5.74) is 5.83. The Morgan fingerprint density at radius 1 is 0.912 bits per heavy atom. The van der Waals surface area contributed by atoms with Gasteiger partial charge in [0, 0.05) is 12.6 Å². The summed E-state index contributed by atoms with van der Waals surface area (Å²) in [6, 6.07) is 22.5. The first-order chi connectivity index (χ1) is 16.6. The molecule has 0 unspecified atom stereocenters. The summed E-state index contributed by atoms with van der Waals surface area (Å²) in [5.74, 6) is 3.19. The number of nitrogens with one attached hydrogen (secondary N) is 1. The van der Waals surface area contributed by atoms with E-state index in [1.165, 1.54) is 11.1 Å². The Balaban J connectivity index is 1.53. The molecule has 1 saturated carbocycles. The quantitative estimate of drug-likeness (QED) is 0.311. The highest BCUT2D eigenvalue weighted by Crippen LogP contribution is 2.49. The number of phenols is 1. The van der Waals surface area contributed by atoms with Gasteiger partial charge in [-0.05, 0) is 83.0 Å². The van der Waals surface area contributed by atoms with Crippen molar-refractivity contribution in [1.29, 1.82) is 0 Å². The van der Waals surface area contributed by atoms with Crippen LogP contribution < -0.4 is 19.5 Å². The van der Waals surface area contributed by atoms with E-state index in [9.17, 15) is 5.11 Å². The molecule has 2 N–H and O–H groups in total. The second kappa shape index (κ2) is 9.82. The Bertz CT molecular complexity index is 1160. The first-order valence-corrected chi connectivity index (χ1v) is 12.0. The SMILES string of the molecule is CC(C)NCCOc1ccc(/C(=C(/c2ccc3c(c2)OCO3)C2CC2)c2ccc(O)cc2)cc1. The molecule has 0 saturated heterocycles. The number of aromatic hydroxyl groups is 1. The van der Waals surface area contributed by atoms with Crippen LogP contribution in [0.5, 0.6) is 23.0 Å². The van der Waals surface area contributed by atoms with Crippen LogP contribution in [0.2, 0.25) is 0 Å². The molecular weight excluding hydrogens is 426 g/mol. The summed E-state index contributed by atoms with van der Waals surface area (Å²) < 4.78 is 17.1. The molecule has 0 spiro atoms. The highest BCUT2D eigenvalue weighted by molar-refractivity contribution is 6.00. The predicted octanol–water partition coefficient (Wildman–Crippen LogP) is 5.87. The average molecular weight is 458 g/mol. The van der Waals surface area contributed by atoms with Crippen LogP contribution in [0.25, 0.3) is 11.1 Å². The van der Waals surface area contributed by atoms with Crippen molar-refractivity contribution in [2.75, 3.05) is 19.9 Å². The number of rotatable bonds is 9. The molecule has 0 aromatic heterocycles. The van der Waals surface area contributed by atoms with Crippen molar-refractivity contribution in [2.45, 2.75) is 32.7 Å². The van der Waals surface area contributed by atoms with E-state index in [-0.39, 0.29) is 12.5 Å². The van der Waals surface area contributed by atoms with Gasteiger partial charge in [-0.25, -0.2) is 0 Å². The van der Waals surface area contributed by atoms with Crippen molar-refractivity contribution < 1.29 is 19.3 Å². The summed E-state index contributed by atoms with van der Waals surface area (Å²) in [5, 5.41) is 13.3. The molecule has 1 aliphatic heterocycles. The maximum Gasteiger partial charge on any atom is 0.231 e. The predicted molar refractivity (Wildman–Crippen MR) is 134 cm³/mol. The fourth-order valence-electron chi connectivity index (χ4n) is 4.36. The van der Waals surface area contributed by atoms with Gasteiger partial charge in [-0.15, -0.1) is 0 Å². The topological polar surface area (TPSA) is 60.0 Å². The number of hydrogen-bond donors (Lipinski definition) is 2. The van der Waals surface area contributed by atoms with Gasteiger partial charge in [0.15, 0.2) is 11.5 Å². The molecule has 176 valence electrons. The molecule has 0 radical (unpaired) electrons. The standard InChI is InChI=1S/C29H31NO4/c1-19(2)30-15-16-32-25-12-7-22(8-13-25)28(21-5-10-24(31)11-6-21)29(20-3-4-20)23-9-14-26-27(17-23)34-18-33-26/h5-14,17,19-20,30-31H,3-4,15-16,18H2,1-2H3/b29-28+. The maximum atomic E-state index is 9.90.